The zero-order valence-corrected chi connectivity index (χ0v) is 14.4. The Morgan fingerprint density at radius 3 is 2.50 bits per heavy atom. The summed E-state index contributed by atoms with van der Waals surface area (Å²) in [5.41, 5.74) is -0.311. The molecule has 0 saturated carbocycles. The highest BCUT2D eigenvalue weighted by Crippen LogP contribution is 2.27. The van der Waals surface area contributed by atoms with Crippen molar-refractivity contribution in [3.8, 4) is 5.75 Å². The molecular formula is C16H10Cl3NO4. The summed E-state index contributed by atoms with van der Waals surface area (Å²) in [6.45, 7) is 0.287. The van der Waals surface area contributed by atoms with E-state index in [1.807, 2.05) is 0 Å². The molecule has 24 heavy (non-hydrogen) atoms. The first-order valence-electron chi connectivity index (χ1n) is 6.87. The maximum Gasteiger partial charge on any atom is 0.422 e. The number of aromatic nitrogens is 1. The smallest absolute Gasteiger partial charge is 0.422 e. The van der Waals surface area contributed by atoms with E-state index in [2.05, 4.69) is 0 Å². The maximum absolute atomic E-state index is 12.0. The zero-order chi connectivity index (χ0) is 17.3. The van der Waals surface area contributed by atoms with Crippen LogP contribution in [0.15, 0.2) is 50.4 Å². The van der Waals surface area contributed by atoms with Crippen molar-refractivity contribution in [2.75, 3.05) is 6.61 Å². The first kappa shape index (κ1) is 16.9. The Morgan fingerprint density at radius 1 is 1.00 bits per heavy atom. The standard InChI is InChI=1S/C16H10Cl3NO4/c17-9-2-4-13-11(7-9)15(21)24-16(22)20(13)5-6-23-14-8-10(18)1-3-12(14)19/h1-4,7-8H,5-6H2. The third-order valence-corrected chi connectivity index (χ3v) is 4.12. The normalized spacial score (nSPS) is 11.0. The minimum Gasteiger partial charge on any atom is -0.490 e. The summed E-state index contributed by atoms with van der Waals surface area (Å²) in [5, 5.41) is 1.49. The molecule has 3 rings (SSSR count). The van der Waals surface area contributed by atoms with Gasteiger partial charge < -0.3 is 9.15 Å². The molecule has 124 valence electrons. The lowest BCUT2D eigenvalue weighted by Gasteiger charge is -2.11. The Bertz CT molecular complexity index is 1030. The molecule has 0 bridgehead atoms. The molecule has 5 nitrogen and oxygen atoms in total. The molecule has 0 N–H and O–H groups in total. The Morgan fingerprint density at radius 2 is 1.71 bits per heavy atom. The van der Waals surface area contributed by atoms with Gasteiger partial charge in [0.25, 0.3) is 0 Å². The van der Waals surface area contributed by atoms with Crippen molar-refractivity contribution < 1.29 is 9.15 Å². The fourth-order valence-electron chi connectivity index (χ4n) is 2.24. The molecule has 8 heteroatoms. The fourth-order valence-corrected chi connectivity index (χ4v) is 2.75. The molecule has 0 atom stereocenters. The van der Waals surface area contributed by atoms with Crippen LogP contribution in [0.4, 0.5) is 0 Å². The number of hydrogen-bond acceptors (Lipinski definition) is 4. The number of rotatable bonds is 4. The Labute approximate surface area is 150 Å². The van der Waals surface area contributed by atoms with E-state index >= 15 is 0 Å². The van der Waals surface area contributed by atoms with Crippen LogP contribution in [-0.2, 0) is 6.54 Å². The van der Waals surface area contributed by atoms with Gasteiger partial charge in [0.15, 0.2) is 0 Å². The molecule has 0 aliphatic rings. The highest BCUT2D eigenvalue weighted by atomic mass is 35.5. The maximum atomic E-state index is 12.0. The van der Waals surface area contributed by atoms with E-state index in [0.717, 1.165) is 0 Å². The van der Waals surface area contributed by atoms with Gasteiger partial charge in [-0.3, -0.25) is 4.57 Å². The number of nitrogens with zero attached hydrogens (tertiary/aromatic N) is 1. The molecule has 3 aromatic rings. The van der Waals surface area contributed by atoms with Gasteiger partial charge in [-0.15, -0.1) is 0 Å². The van der Waals surface area contributed by atoms with Gasteiger partial charge in [0, 0.05) is 16.1 Å². The van der Waals surface area contributed by atoms with E-state index in [9.17, 15) is 9.59 Å². The second-order valence-electron chi connectivity index (χ2n) is 4.89. The van der Waals surface area contributed by atoms with Crippen LogP contribution < -0.4 is 16.1 Å². The van der Waals surface area contributed by atoms with Crippen molar-refractivity contribution in [3.63, 3.8) is 0 Å². The molecule has 1 heterocycles. The van der Waals surface area contributed by atoms with Gasteiger partial charge >= 0.3 is 11.4 Å². The van der Waals surface area contributed by atoms with E-state index in [4.69, 9.17) is 44.0 Å². The molecule has 0 aliphatic carbocycles. The average molecular weight is 387 g/mol. The van der Waals surface area contributed by atoms with Crippen LogP contribution in [0.25, 0.3) is 10.9 Å². The minimum absolute atomic E-state index is 0.130. The summed E-state index contributed by atoms with van der Waals surface area (Å²) in [6.07, 6.45) is 0. The molecule has 0 aliphatic heterocycles. The van der Waals surface area contributed by atoms with Gasteiger partial charge in [-0.2, -0.15) is 0 Å². The fraction of sp³-hybridized carbons (Fsp3) is 0.125. The van der Waals surface area contributed by atoms with Gasteiger partial charge in [-0.1, -0.05) is 34.8 Å². The van der Waals surface area contributed by atoms with Crippen molar-refractivity contribution in [1.82, 2.24) is 4.57 Å². The first-order chi connectivity index (χ1) is 11.5. The van der Waals surface area contributed by atoms with Crippen LogP contribution in [-0.4, -0.2) is 11.2 Å². The van der Waals surface area contributed by atoms with Crippen molar-refractivity contribution in [2.45, 2.75) is 6.54 Å². The van der Waals surface area contributed by atoms with Gasteiger partial charge in [0.05, 0.1) is 22.5 Å². The van der Waals surface area contributed by atoms with Crippen LogP contribution in [0.1, 0.15) is 0 Å². The van der Waals surface area contributed by atoms with Crippen LogP contribution >= 0.6 is 34.8 Å². The minimum atomic E-state index is -0.768. The summed E-state index contributed by atoms with van der Waals surface area (Å²) >= 11 is 17.8. The van der Waals surface area contributed by atoms with Gasteiger partial charge in [-0.25, -0.2) is 9.59 Å². The summed E-state index contributed by atoms with van der Waals surface area (Å²) in [7, 11) is 0. The topological polar surface area (TPSA) is 61.4 Å². The zero-order valence-electron chi connectivity index (χ0n) is 12.1. The molecule has 1 aromatic heterocycles. The average Bonchev–Trinajstić information content (AvgIpc) is 2.54. The van der Waals surface area contributed by atoms with Crippen molar-refractivity contribution >= 4 is 45.7 Å². The second kappa shape index (κ2) is 6.89. The van der Waals surface area contributed by atoms with Crippen LogP contribution in [0.3, 0.4) is 0 Å². The predicted molar refractivity (Wildman–Crippen MR) is 93.7 cm³/mol. The highest BCUT2D eigenvalue weighted by Gasteiger charge is 2.10. The SMILES string of the molecule is O=c1oc(=O)n(CCOc2cc(Cl)ccc2Cl)c2ccc(Cl)cc12. The number of hydrogen-bond donors (Lipinski definition) is 0. The first-order valence-corrected chi connectivity index (χ1v) is 8.00. The molecule has 0 radical (unpaired) electrons. The van der Waals surface area contributed by atoms with Crippen molar-refractivity contribution in [3.05, 3.63) is 72.4 Å². The van der Waals surface area contributed by atoms with Crippen molar-refractivity contribution in [2.24, 2.45) is 0 Å². The lowest BCUT2D eigenvalue weighted by molar-refractivity contribution is 0.287. The van der Waals surface area contributed by atoms with E-state index in [1.165, 1.54) is 10.6 Å². The van der Waals surface area contributed by atoms with Crippen LogP contribution in [0.5, 0.6) is 5.75 Å². The van der Waals surface area contributed by atoms with Crippen LogP contribution in [0, 0.1) is 0 Å². The monoisotopic (exact) mass is 385 g/mol. The number of halogens is 3. The van der Waals surface area contributed by atoms with E-state index in [0.29, 0.717) is 26.3 Å². The molecule has 0 amide bonds. The Balaban J connectivity index is 1.89. The van der Waals surface area contributed by atoms with Crippen molar-refractivity contribution in [1.29, 1.82) is 0 Å². The molecule has 0 saturated heterocycles. The molecule has 0 unspecified atom stereocenters. The molecular weight excluding hydrogens is 377 g/mol. The summed E-state index contributed by atoms with van der Waals surface area (Å²) in [6, 6.07) is 9.47. The largest absolute Gasteiger partial charge is 0.490 e. The number of ether oxygens (including phenoxy) is 1. The van der Waals surface area contributed by atoms with E-state index in [1.54, 1.807) is 30.3 Å². The van der Waals surface area contributed by atoms with Crippen LogP contribution in [0.2, 0.25) is 15.1 Å². The number of fused-ring (bicyclic) bond motifs is 1. The molecule has 0 spiro atoms. The predicted octanol–water partition coefficient (Wildman–Crippen LogP) is 3.99. The summed E-state index contributed by atoms with van der Waals surface area (Å²) < 4.78 is 11.6. The van der Waals surface area contributed by atoms with Gasteiger partial charge in [0.2, 0.25) is 0 Å². The Kier molecular flexibility index (Phi) is 4.85. The lowest BCUT2D eigenvalue weighted by atomic mass is 10.2. The third kappa shape index (κ3) is 3.43. The van der Waals surface area contributed by atoms with Gasteiger partial charge in [-0.05, 0) is 30.3 Å². The van der Waals surface area contributed by atoms with E-state index in [-0.39, 0.29) is 18.5 Å². The second-order valence-corrected chi connectivity index (χ2v) is 6.17. The van der Waals surface area contributed by atoms with E-state index < -0.39 is 11.4 Å². The molecule has 2 aromatic carbocycles. The quantitative estimate of drug-likeness (QED) is 0.680. The third-order valence-electron chi connectivity index (χ3n) is 3.34. The summed E-state index contributed by atoms with van der Waals surface area (Å²) in [5.74, 6) is -0.363. The lowest BCUT2D eigenvalue weighted by Crippen LogP contribution is -2.27. The highest BCUT2D eigenvalue weighted by molar-refractivity contribution is 6.34. The Hall–Kier alpha value is -1.95. The van der Waals surface area contributed by atoms with Gasteiger partial charge in [0.1, 0.15) is 12.4 Å². The summed E-state index contributed by atoms with van der Waals surface area (Å²) in [4.78, 5) is 23.7. The number of benzene rings is 2. The molecule has 0 fully saturated rings.